The second-order valence-corrected chi connectivity index (χ2v) is 4.99. The minimum absolute atomic E-state index is 0.149. The molecule has 0 amide bonds. The molecule has 0 aliphatic carbocycles. The van der Waals surface area contributed by atoms with E-state index in [1.54, 1.807) is 18.3 Å². The zero-order valence-electron chi connectivity index (χ0n) is 12.2. The van der Waals surface area contributed by atoms with Gasteiger partial charge in [0.1, 0.15) is 11.9 Å². The third-order valence-electron chi connectivity index (χ3n) is 3.37. The lowest BCUT2D eigenvalue weighted by Gasteiger charge is -2.15. The maximum absolute atomic E-state index is 14.1. The highest BCUT2D eigenvalue weighted by Crippen LogP contribution is 2.26. The summed E-state index contributed by atoms with van der Waals surface area (Å²) in [4.78, 5) is 3.99. The fourth-order valence-electron chi connectivity index (χ4n) is 2.16. The lowest BCUT2D eigenvalue weighted by Crippen LogP contribution is -2.19. The minimum Gasteiger partial charge on any atom is -0.310 e. The standard InChI is InChI=1S/C17H18FN3/c1-3-6-21-12(2)14-4-5-17(18)16(8-14)15-7-13(9-19)10-20-11-15/h4-5,7-8,10-12,21H,3,6H2,1-2H3. The Hall–Kier alpha value is -2.25. The zero-order chi connectivity index (χ0) is 15.2. The number of hydrogen-bond acceptors (Lipinski definition) is 3. The highest BCUT2D eigenvalue weighted by molar-refractivity contribution is 5.65. The second-order valence-electron chi connectivity index (χ2n) is 4.99. The third-order valence-corrected chi connectivity index (χ3v) is 3.37. The predicted molar refractivity (Wildman–Crippen MR) is 81.1 cm³/mol. The molecule has 1 aromatic heterocycles. The van der Waals surface area contributed by atoms with Crippen LogP contribution in [0.3, 0.4) is 0 Å². The number of hydrogen-bond donors (Lipinski definition) is 1. The Kier molecular flexibility index (Phi) is 5.02. The molecule has 1 atom stereocenters. The Morgan fingerprint density at radius 2 is 2.14 bits per heavy atom. The van der Waals surface area contributed by atoms with Crippen molar-refractivity contribution in [3.8, 4) is 17.2 Å². The van der Waals surface area contributed by atoms with Gasteiger partial charge >= 0.3 is 0 Å². The van der Waals surface area contributed by atoms with Gasteiger partial charge in [0.25, 0.3) is 0 Å². The van der Waals surface area contributed by atoms with E-state index in [2.05, 4.69) is 24.1 Å². The van der Waals surface area contributed by atoms with Crippen molar-refractivity contribution in [3.63, 3.8) is 0 Å². The van der Waals surface area contributed by atoms with Gasteiger partial charge < -0.3 is 5.32 Å². The Morgan fingerprint density at radius 3 is 2.86 bits per heavy atom. The van der Waals surface area contributed by atoms with Crippen molar-refractivity contribution in [1.29, 1.82) is 5.26 Å². The molecular weight excluding hydrogens is 265 g/mol. The number of benzene rings is 1. The lowest BCUT2D eigenvalue weighted by molar-refractivity contribution is 0.568. The molecule has 3 nitrogen and oxygen atoms in total. The fourth-order valence-corrected chi connectivity index (χ4v) is 2.16. The van der Waals surface area contributed by atoms with Crippen LogP contribution in [-0.2, 0) is 0 Å². The topological polar surface area (TPSA) is 48.7 Å². The summed E-state index contributed by atoms with van der Waals surface area (Å²) >= 11 is 0. The van der Waals surface area contributed by atoms with Crippen molar-refractivity contribution in [3.05, 3.63) is 53.6 Å². The molecule has 1 N–H and O–H groups in total. The quantitative estimate of drug-likeness (QED) is 0.907. The Morgan fingerprint density at radius 1 is 1.33 bits per heavy atom. The van der Waals surface area contributed by atoms with Gasteiger partial charge in [-0.25, -0.2) is 4.39 Å². The summed E-state index contributed by atoms with van der Waals surface area (Å²) in [5.41, 5.74) is 2.54. The molecule has 0 aliphatic rings. The number of nitriles is 1. The van der Waals surface area contributed by atoms with Crippen LogP contribution in [0.25, 0.3) is 11.1 Å². The van der Waals surface area contributed by atoms with Crippen molar-refractivity contribution in [2.24, 2.45) is 0 Å². The van der Waals surface area contributed by atoms with Crippen molar-refractivity contribution in [2.75, 3.05) is 6.54 Å². The van der Waals surface area contributed by atoms with Crippen molar-refractivity contribution < 1.29 is 4.39 Å². The van der Waals surface area contributed by atoms with Crippen LogP contribution in [0.5, 0.6) is 0 Å². The summed E-state index contributed by atoms with van der Waals surface area (Å²) in [5.74, 6) is -0.307. The number of nitrogens with one attached hydrogen (secondary N) is 1. The van der Waals surface area contributed by atoms with Gasteiger partial charge in [0, 0.05) is 29.6 Å². The van der Waals surface area contributed by atoms with Gasteiger partial charge in [0.05, 0.1) is 5.56 Å². The normalized spacial score (nSPS) is 11.9. The maximum Gasteiger partial charge on any atom is 0.131 e. The smallest absolute Gasteiger partial charge is 0.131 e. The highest BCUT2D eigenvalue weighted by Gasteiger charge is 2.11. The monoisotopic (exact) mass is 283 g/mol. The van der Waals surface area contributed by atoms with E-state index >= 15 is 0 Å². The first kappa shape index (κ1) is 15.1. The van der Waals surface area contributed by atoms with E-state index in [1.807, 2.05) is 12.1 Å². The van der Waals surface area contributed by atoms with E-state index in [9.17, 15) is 4.39 Å². The number of rotatable bonds is 5. The van der Waals surface area contributed by atoms with E-state index < -0.39 is 0 Å². The predicted octanol–water partition coefficient (Wildman–Crippen LogP) is 3.82. The average molecular weight is 283 g/mol. The van der Waals surface area contributed by atoms with Crippen LogP contribution in [-0.4, -0.2) is 11.5 Å². The van der Waals surface area contributed by atoms with Gasteiger partial charge in [0.2, 0.25) is 0 Å². The summed E-state index contributed by atoms with van der Waals surface area (Å²) in [6.07, 6.45) is 4.09. The van der Waals surface area contributed by atoms with Crippen LogP contribution in [0.15, 0.2) is 36.7 Å². The van der Waals surface area contributed by atoms with Crippen molar-refractivity contribution >= 4 is 0 Å². The minimum atomic E-state index is -0.307. The molecule has 0 saturated carbocycles. The number of halogens is 1. The first-order chi connectivity index (χ1) is 10.2. The Balaban J connectivity index is 2.37. The van der Waals surface area contributed by atoms with Crippen molar-refractivity contribution in [2.45, 2.75) is 26.3 Å². The summed E-state index contributed by atoms with van der Waals surface area (Å²) in [6.45, 7) is 5.07. The number of pyridine rings is 1. The molecule has 21 heavy (non-hydrogen) atoms. The molecule has 2 rings (SSSR count). The molecule has 0 aliphatic heterocycles. The van der Waals surface area contributed by atoms with Crippen LogP contribution in [0.1, 0.15) is 37.4 Å². The largest absolute Gasteiger partial charge is 0.310 e. The van der Waals surface area contributed by atoms with E-state index in [-0.39, 0.29) is 11.9 Å². The van der Waals surface area contributed by atoms with Gasteiger partial charge in [-0.15, -0.1) is 0 Å². The molecule has 0 fully saturated rings. The number of nitrogens with zero attached hydrogens (tertiary/aromatic N) is 2. The molecule has 0 spiro atoms. The average Bonchev–Trinajstić information content (AvgIpc) is 2.53. The molecule has 2 aromatic rings. The Labute approximate surface area is 124 Å². The van der Waals surface area contributed by atoms with E-state index in [4.69, 9.17) is 5.26 Å². The summed E-state index contributed by atoms with van der Waals surface area (Å²) in [6, 6.07) is 8.90. The molecule has 1 heterocycles. The third kappa shape index (κ3) is 3.65. The number of aromatic nitrogens is 1. The first-order valence-electron chi connectivity index (χ1n) is 7.04. The van der Waals surface area contributed by atoms with Gasteiger partial charge in [-0.2, -0.15) is 5.26 Å². The van der Waals surface area contributed by atoms with E-state index in [1.165, 1.54) is 12.3 Å². The van der Waals surface area contributed by atoms with Gasteiger partial charge in [-0.3, -0.25) is 4.98 Å². The van der Waals surface area contributed by atoms with Crippen LogP contribution in [0.4, 0.5) is 4.39 Å². The molecule has 0 saturated heterocycles. The van der Waals surface area contributed by atoms with Crippen LogP contribution in [0.2, 0.25) is 0 Å². The Bertz CT molecular complexity index is 661. The van der Waals surface area contributed by atoms with Gasteiger partial charge in [-0.05, 0) is 43.7 Å². The summed E-state index contributed by atoms with van der Waals surface area (Å²) in [7, 11) is 0. The molecule has 1 aromatic carbocycles. The highest BCUT2D eigenvalue weighted by atomic mass is 19.1. The van der Waals surface area contributed by atoms with Gasteiger partial charge in [0.15, 0.2) is 0 Å². The molecular formula is C17H18FN3. The molecule has 0 radical (unpaired) electrons. The lowest BCUT2D eigenvalue weighted by atomic mass is 10.00. The molecule has 0 bridgehead atoms. The SMILES string of the molecule is CCCNC(C)c1ccc(F)c(-c2cncc(C#N)c2)c1. The van der Waals surface area contributed by atoms with Crippen LogP contribution < -0.4 is 5.32 Å². The van der Waals surface area contributed by atoms with Crippen LogP contribution >= 0.6 is 0 Å². The van der Waals surface area contributed by atoms with Gasteiger partial charge in [-0.1, -0.05) is 13.0 Å². The zero-order valence-corrected chi connectivity index (χ0v) is 12.2. The molecule has 4 heteroatoms. The van der Waals surface area contributed by atoms with Crippen molar-refractivity contribution in [1.82, 2.24) is 10.3 Å². The molecule has 1 unspecified atom stereocenters. The molecule has 108 valence electrons. The maximum atomic E-state index is 14.1. The van der Waals surface area contributed by atoms with Crippen LogP contribution in [0, 0.1) is 17.1 Å². The first-order valence-corrected chi connectivity index (χ1v) is 7.04. The van der Waals surface area contributed by atoms with E-state index in [0.717, 1.165) is 18.5 Å². The summed E-state index contributed by atoms with van der Waals surface area (Å²) < 4.78 is 14.1. The second kappa shape index (κ2) is 6.96. The fraction of sp³-hybridized carbons (Fsp3) is 0.294. The van der Waals surface area contributed by atoms with E-state index in [0.29, 0.717) is 16.7 Å². The summed E-state index contributed by atoms with van der Waals surface area (Å²) in [5, 5.41) is 12.3.